The highest BCUT2D eigenvalue weighted by atomic mass is 16.4. The molecule has 0 spiro atoms. The number of carbonyl (C=O) groups excluding carboxylic acids is 1. The Morgan fingerprint density at radius 1 is 1.29 bits per heavy atom. The number of rotatable bonds is 4. The second-order valence-corrected chi connectivity index (χ2v) is 5.80. The Labute approximate surface area is 124 Å². The first kappa shape index (κ1) is 13.9. The summed E-state index contributed by atoms with van der Waals surface area (Å²) in [7, 11) is 0. The number of carbonyl (C=O) groups is 2. The molecule has 2 fully saturated rings. The summed E-state index contributed by atoms with van der Waals surface area (Å²) in [6, 6.07) is 9.35. The maximum atomic E-state index is 12.6. The van der Waals surface area contributed by atoms with Crippen LogP contribution >= 0.6 is 0 Å². The van der Waals surface area contributed by atoms with Crippen molar-refractivity contribution in [1.82, 2.24) is 9.80 Å². The summed E-state index contributed by atoms with van der Waals surface area (Å²) in [5, 5.41) is 9.20. The summed E-state index contributed by atoms with van der Waals surface area (Å²) in [4.78, 5) is 27.5. The number of benzene rings is 1. The average Bonchev–Trinajstić information content (AvgIpc) is 2.83. The third kappa shape index (κ3) is 2.73. The highest BCUT2D eigenvalue weighted by Gasteiger charge is 2.42. The van der Waals surface area contributed by atoms with Crippen molar-refractivity contribution in [3.05, 3.63) is 35.9 Å². The van der Waals surface area contributed by atoms with E-state index in [-0.39, 0.29) is 24.5 Å². The van der Waals surface area contributed by atoms with Crippen molar-refractivity contribution in [2.75, 3.05) is 13.1 Å². The fourth-order valence-electron chi connectivity index (χ4n) is 3.42. The van der Waals surface area contributed by atoms with Crippen molar-refractivity contribution in [3.8, 4) is 0 Å². The lowest BCUT2D eigenvalue weighted by Crippen LogP contribution is -2.39. The van der Waals surface area contributed by atoms with Gasteiger partial charge in [-0.15, -0.1) is 0 Å². The maximum absolute atomic E-state index is 12.6. The number of hydrogen-bond acceptors (Lipinski definition) is 2. The lowest BCUT2D eigenvalue weighted by molar-refractivity contribution is -0.138. The number of amides is 2. The van der Waals surface area contributed by atoms with Crippen LogP contribution in [0.1, 0.15) is 37.3 Å². The fraction of sp³-hybridized carbons (Fsp3) is 0.500. The van der Waals surface area contributed by atoms with Crippen molar-refractivity contribution >= 4 is 12.0 Å². The molecule has 2 aliphatic rings. The van der Waals surface area contributed by atoms with Gasteiger partial charge in [-0.1, -0.05) is 30.3 Å². The summed E-state index contributed by atoms with van der Waals surface area (Å²) in [6.45, 7) is 1.44. The minimum absolute atomic E-state index is 0.00481. The zero-order chi connectivity index (χ0) is 14.8. The van der Waals surface area contributed by atoms with E-state index in [0.717, 1.165) is 31.4 Å². The van der Waals surface area contributed by atoms with Crippen LogP contribution in [-0.2, 0) is 4.79 Å². The van der Waals surface area contributed by atoms with Crippen LogP contribution in [0.5, 0.6) is 0 Å². The molecular formula is C16H20N2O3. The smallest absolute Gasteiger partial charge is 0.320 e. The molecule has 1 aromatic carbocycles. The molecule has 0 saturated carbocycles. The van der Waals surface area contributed by atoms with E-state index in [9.17, 15) is 14.7 Å². The predicted octanol–water partition coefficient (Wildman–Crippen LogP) is 2.49. The van der Waals surface area contributed by atoms with Crippen molar-refractivity contribution in [2.24, 2.45) is 0 Å². The Morgan fingerprint density at radius 2 is 2.05 bits per heavy atom. The summed E-state index contributed by atoms with van der Waals surface area (Å²) in [5.74, 6) is -0.874. The van der Waals surface area contributed by atoms with E-state index in [4.69, 9.17) is 0 Å². The molecule has 2 amide bonds. The summed E-state index contributed by atoms with van der Waals surface area (Å²) < 4.78 is 0. The number of aliphatic carboxylic acids is 1. The minimum atomic E-state index is -0.874. The molecular weight excluding hydrogens is 268 g/mol. The second kappa shape index (κ2) is 5.76. The van der Waals surface area contributed by atoms with Crippen molar-refractivity contribution in [2.45, 2.75) is 37.8 Å². The normalized spacial score (nSPS) is 23.0. The van der Waals surface area contributed by atoms with Gasteiger partial charge in [-0.05, 0) is 24.8 Å². The second-order valence-electron chi connectivity index (χ2n) is 5.80. The summed E-state index contributed by atoms with van der Waals surface area (Å²) >= 11 is 0. The molecule has 2 aliphatic heterocycles. The third-order valence-electron chi connectivity index (χ3n) is 4.45. The van der Waals surface area contributed by atoms with E-state index in [2.05, 4.69) is 0 Å². The molecule has 0 aromatic heterocycles. The topological polar surface area (TPSA) is 60.9 Å². The van der Waals surface area contributed by atoms with E-state index in [1.165, 1.54) is 0 Å². The van der Waals surface area contributed by atoms with Crippen LogP contribution in [0.2, 0.25) is 0 Å². The van der Waals surface area contributed by atoms with E-state index in [1.54, 1.807) is 4.90 Å². The molecule has 1 N–H and O–H groups in total. The Morgan fingerprint density at radius 3 is 2.71 bits per heavy atom. The quantitative estimate of drug-likeness (QED) is 0.926. The van der Waals surface area contributed by atoms with Gasteiger partial charge in [-0.3, -0.25) is 4.79 Å². The van der Waals surface area contributed by atoms with Gasteiger partial charge in [0.25, 0.3) is 0 Å². The monoisotopic (exact) mass is 288 g/mol. The Hall–Kier alpha value is -2.04. The third-order valence-corrected chi connectivity index (χ3v) is 4.45. The first-order valence-corrected chi connectivity index (χ1v) is 7.51. The molecule has 5 heteroatoms. The van der Waals surface area contributed by atoms with Crippen molar-refractivity contribution in [3.63, 3.8) is 0 Å². The Balaban J connectivity index is 1.86. The molecule has 2 saturated heterocycles. The molecule has 1 aromatic rings. The summed E-state index contributed by atoms with van der Waals surface area (Å²) in [6.07, 6.45) is 3.18. The fourth-order valence-corrected chi connectivity index (χ4v) is 3.42. The number of carboxylic acids is 1. The molecule has 1 unspecified atom stereocenters. The van der Waals surface area contributed by atoms with Gasteiger partial charge < -0.3 is 14.9 Å². The van der Waals surface area contributed by atoms with Gasteiger partial charge in [0.05, 0.1) is 18.5 Å². The van der Waals surface area contributed by atoms with Crippen LogP contribution in [0.4, 0.5) is 4.79 Å². The SMILES string of the molecule is O=C(O)CC(c1ccccc1)N1C[C@@H]2CCCCN2C1=O. The van der Waals surface area contributed by atoms with Gasteiger partial charge in [0.1, 0.15) is 0 Å². The zero-order valence-electron chi connectivity index (χ0n) is 11.9. The molecule has 3 rings (SSSR count). The molecule has 21 heavy (non-hydrogen) atoms. The van der Waals surface area contributed by atoms with Gasteiger partial charge in [0.15, 0.2) is 0 Å². The van der Waals surface area contributed by atoms with Crippen LogP contribution < -0.4 is 0 Å². The first-order chi connectivity index (χ1) is 10.2. The number of nitrogens with zero attached hydrogens (tertiary/aromatic N) is 2. The van der Waals surface area contributed by atoms with Gasteiger partial charge in [0, 0.05) is 13.1 Å². The highest BCUT2D eigenvalue weighted by molar-refractivity contribution is 5.79. The minimum Gasteiger partial charge on any atom is -0.481 e. The Kier molecular flexibility index (Phi) is 3.82. The van der Waals surface area contributed by atoms with Gasteiger partial charge >= 0.3 is 12.0 Å². The van der Waals surface area contributed by atoms with Gasteiger partial charge in [-0.25, -0.2) is 4.79 Å². The van der Waals surface area contributed by atoms with Crippen LogP contribution in [0.15, 0.2) is 30.3 Å². The van der Waals surface area contributed by atoms with E-state index < -0.39 is 5.97 Å². The molecule has 2 atom stereocenters. The van der Waals surface area contributed by atoms with Crippen molar-refractivity contribution < 1.29 is 14.7 Å². The number of hydrogen-bond donors (Lipinski definition) is 1. The van der Waals surface area contributed by atoms with Crippen LogP contribution in [0.25, 0.3) is 0 Å². The number of carboxylic acid groups (broad SMARTS) is 1. The van der Waals surface area contributed by atoms with Crippen LogP contribution in [0.3, 0.4) is 0 Å². The first-order valence-electron chi connectivity index (χ1n) is 7.51. The number of fused-ring (bicyclic) bond motifs is 1. The highest BCUT2D eigenvalue weighted by Crippen LogP contribution is 2.33. The Bertz CT molecular complexity index is 532. The summed E-state index contributed by atoms with van der Waals surface area (Å²) in [5.41, 5.74) is 0.896. The lowest BCUT2D eigenvalue weighted by atomic mass is 10.0. The average molecular weight is 288 g/mol. The zero-order valence-corrected chi connectivity index (χ0v) is 11.9. The molecule has 2 heterocycles. The molecule has 0 radical (unpaired) electrons. The molecule has 0 aliphatic carbocycles. The lowest BCUT2D eigenvalue weighted by Gasteiger charge is -2.28. The largest absolute Gasteiger partial charge is 0.481 e. The molecule has 0 bridgehead atoms. The molecule has 112 valence electrons. The van der Waals surface area contributed by atoms with E-state index in [1.807, 2.05) is 35.2 Å². The van der Waals surface area contributed by atoms with Crippen molar-refractivity contribution in [1.29, 1.82) is 0 Å². The van der Waals surface area contributed by atoms with Gasteiger partial charge in [0.2, 0.25) is 0 Å². The van der Waals surface area contributed by atoms with E-state index >= 15 is 0 Å². The standard InChI is InChI=1S/C16H20N2O3/c19-15(20)10-14(12-6-2-1-3-7-12)18-11-13-8-4-5-9-17(13)16(18)21/h1-3,6-7,13-14H,4-5,8-11H2,(H,19,20)/t13-,14?/m0/s1. The predicted molar refractivity (Wildman–Crippen MR) is 77.9 cm³/mol. The maximum Gasteiger partial charge on any atom is 0.320 e. The van der Waals surface area contributed by atoms with E-state index in [0.29, 0.717) is 6.54 Å². The number of piperidine rings is 1. The van der Waals surface area contributed by atoms with Gasteiger partial charge in [-0.2, -0.15) is 0 Å². The number of urea groups is 1. The molecule has 5 nitrogen and oxygen atoms in total. The van der Waals surface area contributed by atoms with Crippen LogP contribution in [0, 0.1) is 0 Å². The van der Waals surface area contributed by atoms with Crippen LogP contribution in [-0.4, -0.2) is 46.0 Å².